The zero-order chi connectivity index (χ0) is 12.8. The van der Waals surface area contributed by atoms with Crippen LogP contribution in [0.5, 0.6) is 5.75 Å². The van der Waals surface area contributed by atoms with Crippen molar-refractivity contribution in [1.82, 2.24) is 0 Å². The quantitative estimate of drug-likeness (QED) is 0.824. The Hall–Kier alpha value is -1.71. The van der Waals surface area contributed by atoms with Crippen LogP contribution in [0.2, 0.25) is 0 Å². The lowest BCUT2D eigenvalue weighted by Crippen LogP contribution is -2.28. The Morgan fingerprint density at radius 2 is 2.00 bits per heavy atom. The molecule has 17 heavy (non-hydrogen) atoms. The normalized spacial score (nSPS) is 11.9. The first-order valence-electron chi connectivity index (χ1n) is 5.71. The molecule has 1 N–H and O–H groups in total. The minimum Gasteiger partial charge on any atom is -0.494 e. The first-order valence-corrected chi connectivity index (χ1v) is 5.71. The summed E-state index contributed by atoms with van der Waals surface area (Å²) in [5, 5.41) is 8.85. The lowest BCUT2D eigenvalue weighted by Gasteiger charge is -2.21. The Morgan fingerprint density at radius 3 is 2.47 bits per heavy atom. The van der Waals surface area contributed by atoms with Crippen LogP contribution in [-0.4, -0.2) is 31.3 Å². The van der Waals surface area contributed by atoms with E-state index >= 15 is 0 Å². The van der Waals surface area contributed by atoms with Crippen LogP contribution in [0.3, 0.4) is 0 Å². The van der Waals surface area contributed by atoms with Crippen molar-refractivity contribution < 1.29 is 14.6 Å². The van der Waals surface area contributed by atoms with Gasteiger partial charge in [-0.1, -0.05) is 6.92 Å². The summed E-state index contributed by atoms with van der Waals surface area (Å²) in [5.74, 6) is -0.328. The van der Waals surface area contributed by atoms with E-state index in [0.29, 0.717) is 13.2 Å². The van der Waals surface area contributed by atoms with Crippen LogP contribution in [0, 0.1) is 5.92 Å². The number of benzene rings is 1. The van der Waals surface area contributed by atoms with Gasteiger partial charge in [0.05, 0.1) is 12.5 Å². The highest BCUT2D eigenvalue weighted by molar-refractivity contribution is 5.70. The van der Waals surface area contributed by atoms with Crippen molar-refractivity contribution in [2.45, 2.75) is 13.8 Å². The number of aliphatic carboxylic acids is 1. The van der Waals surface area contributed by atoms with Crippen molar-refractivity contribution in [3.63, 3.8) is 0 Å². The van der Waals surface area contributed by atoms with E-state index in [-0.39, 0.29) is 5.92 Å². The Bertz CT molecular complexity index is 361. The Balaban J connectivity index is 2.63. The van der Waals surface area contributed by atoms with Gasteiger partial charge in [-0.2, -0.15) is 0 Å². The van der Waals surface area contributed by atoms with Crippen LogP contribution in [0.15, 0.2) is 24.3 Å². The molecule has 0 aliphatic carbocycles. The minimum absolute atomic E-state index is 0.383. The van der Waals surface area contributed by atoms with Crippen molar-refractivity contribution in [3.8, 4) is 5.75 Å². The van der Waals surface area contributed by atoms with Crippen molar-refractivity contribution in [3.05, 3.63) is 24.3 Å². The predicted octanol–water partition coefficient (Wildman–Crippen LogP) is 2.24. The number of nitrogens with zero attached hydrogens (tertiary/aromatic N) is 1. The molecule has 4 nitrogen and oxygen atoms in total. The van der Waals surface area contributed by atoms with Gasteiger partial charge in [0.2, 0.25) is 0 Å². The van der Waals surface area contributed by atoms with E-state index < -0.39 is 5.97 Å². The fourth-order valence-electron chi connectivity index (χ4n) is 1.56. The summed E-state index contributed by atoms with van der Waals surface area (Å²) in [7, 11) is 1.88. The number of carbonyl (C=O) groups is 1. The molecule has 4 heteroatoms. The maximum absolute atomic E-state index is 10.8. The van der Waals surface area contributed by atoms with E-state index in [4.69, 9.17) is 9.84 Å². The van der Waals surface area contributed by atoms with Gasteiger partial charge >= 0.3 is 5.97 Å². The van der Waals surface area contributed by atoms with Crippen LogP contribution in [0.1, 0.15) is 13.8 Å². The van der Waals surface area contributed by atoms with Gasteiger partial charge in [-0.3, -0.25) is 4.79 Å². The second-order valence-corrected chi connectivity index (χ2v) is 4.05. The second-order valence-electron chi connectivity index (χ2n) is 4.05. The summed E-state index contributed by atoms with van der Waals surface area (Å²) >= 11 is 0. The van der Waals surface area contributed by atoms with Crippen molar-refractivity contribution in [1.29, 1.82) is 0 Å². The number of ether oxygens (including phenoxy) is 1. The SMILES string of the molecule is CCOc1ccc(N(C)CC(C)C(=O)O)cc1. The molecule has 1 rings (SSSR count). The molecular weight excluding hydrogens is 218 g/mol. The van der Waals surface area contributed by atoms with Gasteiger partial charge in [-0.15, -0.1) is 0 Å². The molecule has 0 heterocycles. The third-order valence-corrected chi connectivity index (χ3v) is 2.56. The van der Waals surface area contributed by atoms with Gasteiger partial charge in [-0.05, 0) is 31.2 Å². The van der Waals surface area contributed by atoms with Crippen molar-refractivity contribution in [2.24, 2.45) is 5.92 Å². The van der Waals surface area contributed by atoms with E-state index in [1.807, 2.05) is 43.1 Å². The minimum atomic E-state index is -0.775. The second kappa shape index (κ2) is 6.13. The average Bonchev–Trinajstić information content (AvgIpc) is 2.30. The molecule has 1 atom stereocenters. The Labute approximate surface area is 102 Å². The fourth-order valence-corrected chi connectivity index (χ4v) is 1.56. The van der Waals surface area contributed by atoms with E-state index in [9.17, 15) is 4.79 Å². The van der Waals surface area contributed by atoms with Crippen LogP contribution in [0.4, 0.5) is 5.69 Å². The van der Waals surface area contributed by atoms with Crippen molar-refractivity contribution in [2.75, 3.05) is 25.1 Å². The zero-order valence-corrected chi connectivity index (χ0v) is 10.5. The fraction of sp³-hybridized carbons (Fsp3) is 0.462. The van der Waals surface area contributed by atoms with E-state index in [2.05, 4.69) is 0 Å². The largest absolute Gasteiger partial charge is 0.494 e. The molecule has 1 aromatic carbocycles. The summed E-state index contributed by atoms with van der Waals surface area (Å²) in [6.45, 7) is 4.77. The van der Waals surface area contributed by atoms with Crippen LogP contribution in [0.25, 0.3) is 0 Å². The zero-order valence-electron chi connectivity index (χ0n) is 10.5. The maximum atomic E-state index is 10.8. The molecule has 0 aliphatic rings. The molecule has 1 aromatic rings. The number of rotatable bonds is 6. The molecule has 0 bridgehead atoms. The highest BCUT2D eigenvalue weighted by Gasteiger charge is 2.13. The first kappa shape index (κ1) is 13.4. The van der Waals surface area contributed by atoms with Crippen molar-refractivity contribution >= 4 is 11.7 Å². The Kier molecular flexibility index (Phi) is 4.82. The molecule has 0 fully saturated rings. The monoisotopic (exact) mass is 237 g/mol. The summed E-state index contributed by atoms with van der Waals surface area (Å²) in [4.78, 5) is 12.7. The predicted molar refractivity (Wildman–Crippen MR) is 67.7 cm³/mol. The third-order valence-electron chi connectivity index (χ3n) is 2.56. The topological polar surface area (TPSA) is 49.8 Å². The van der Waals surface area contributed by atoms with Crippen LogP contribution >= 0.6 is 0 Å². The van der Waals surface area contributed by atoms with Gasteiger partial charge in [0, 0.05) is 19.3 Å². The van der Waals surface area contributed by atoms with Gasteiger partial charge in [0.25, 0.3) is 0 Å². The summed E-state index contributed by atoms with van der Waals surface area (Å²) < 4.78 is 5.35. The molecule has 0 aromatic heterocycles. The molecule has 0 saturated carbocycles. The highest BCUT2D eigenvalue weighted by Crippen LogP contribution is 2.19. The lowest BCUT2D eigenvalue weighted by atomic mass is 10.1. The highest BCUT2D eigenvalue weighted by atomic mass is 16.5. The van der Waals surface area contributed by atoms with E-state index in [1.54, 1.807) is 6.92 Å². The molecule has 0 saturated heterocycles. The lowest BCUT2D eigenvalue weighted by molar-refractivity contribution is -0.140. The molecular formula is C13H19NO3. The van der Waals surface area contributed by atoms with Gasteiger partial charge in [0.1, 0.15) is 5.75 Å². The summed E-state index contributed by atoms with van der Waals surface area (Å²) in [5.41, 5.74) is 0.988. The van der Waals surface area contributed by atoms with Gasteiger partial charge in [-0.25, -0.2) is 0 Å². The smallest absolute Gasteiger partial charge is 0.308 e. The van der Waals surface area contributed by atoms with Crippen LogP contribution in [-0.2, 0) is 4.79 Å². The molecule has 0 aliphatic heterocycles. The average molecular weight is 237 g/mol. The number of hydrogen-bond donors (Lipinski definition) is 1. The number of carboxylic acids is 1. The number of hydrogen-bond acceptors (Lipinski definition) is 3. The molecule has 0 amide bonds. The molecule has 94 valence electrons. The van der Waals surface area contributed by atoms with E-state index in [1.165, 1.54) is 0 Å². The third kappa shape index (κ3) is 3.98. The summed E-state index contributed by atoms with van der Waals surface area (Å²) in [6, 6.07) is 7.64. The van der Waals surface area contributed by atoms with Crippen LogP contribution < -0.4 is 9.64 Å². The Morgan fingerprint density at radius 1 is 1.41 bits per heavy atom. The molecule has 0 spiro atoms. The standard InChI is InChI=1S/C13H19NO3/c1-4-17-12-7-5-11(6-8-12)14(3)9-10(2)13(15)16/h5-8,10H,4,9H2,1-3H3,(H,15,16). The molecule has 0 radical (unpaired) electrons. The van der Waals surface area contributed by atoms with E-state index in [0.717, 1.165) is 11.4 Å². The first-order chi connectivity index (χ1) is 8.04. The number of carboxylic acid groups (broad SMARTS) is 1. The maximum Gasteiger partial charge on any atom is 0.308 e. The van der Waals surface area contributed by atoms with Gasteiger partial charge < -0.3 is 14.7 Å². The summed E-state index contributed by atoms with van der Waals surface area (Å²) in [6.07, 6.45) is 0. The number of anilines is 1. The molecule has 1 unspecified atom stereocenters. The van der Waals surface area contributed by atoms with Gasteiger partial charge in [0.15, 0.2) is 0 Å².